The lowest BCUT2D eigenvalue weighted by atomic mass is 9.95. The third-order valence-corrected chi connectivity index (χ3v) is 7.98. The highest BCUT2D eigenvalue weighted by Crippen LogP contribution is 2.37. The summed E-state index contributed by atoms with van der Waals surface area (Å²) in [6, 6.07) is 3.45. The highest BCUT2D eigenvalue weighted by atomic mass is 35.5. The average molecular weight is 563 g/mol. The van der Waals surface area contributed by atoms with Gasteiger partial charge in [-0.2, -0.15) is 0 Å². The fourth-order valence-corrected chi connectivity index (χ4v) is 5.91. The van der Waals surface area contributed by atoms with Gasteiger partial charge in [-0.15, -0.1) is 11.3 Å². The van der Waals surface area contributed by atoms with Crippen molar-refractivity contribution in [2.45, 2.75) is 19.0 Å². The van der Waals surface area contributed by atoms with Crippen LogP contribution in [0.1, 0.15) is 23.5 Å². The molecule has 2 amide bonds. The number of amides is 2. The molecule has 2 saturated heterocycles. The van der Waals surface area contributed by atoms with Crippen LogP contribution in [0.3, 0.4) is 0 Å². The zero-order valence-electron chi connectivity index (χ0n) is 20.8. The number of halogens is 2. The third-order valence-electron chi connectivity index (χ3n) is 6.80. The molecule has 38 heavy (non-hydrogen) atoms. The Labute approximate surface area is 228 Å². The Bertz CT molecular complexity index is 1270. The molecule has 13 heteroatoms. The minimum Gasteiger partial charge on any atom is -0.463 e. The smallest absolute Gasteiger partial charge is 0.338 e. The number of nitrogens with one attached hydrogen (secondary N) is 1. The molecule has 1 unspecified atom stereocenters. The van der Waals surface area contributed by atoms with Crippen molar-refractivity contribution < 1.29 is 23.8 Å². The van der Waals surface area contributed by atoms with Gasteiger partial charge in [0.05, 0.1) is 29.9 Å². The van der Waals surface area contributed by atoms with Gasteiger partial charge in [0.1, 0.15) is 11.9 Å². The van der Waals surface area contributed by atoms with E-state index in [1.54, 1.807) is 24.1 Å². The lowest BCUT2D eigenvalue weighted by Crippen LogP contribution is -2.53. The molecule has 3 aliphatic heterocycles. The Kier molecular flexibility index (Phi) is 7.93. The molecule has 10 nitrogen and oxygen atoms in total. The number of esters is 1. The molecule has 2 fully saturated rings. The van der Waals surface area contributed by atoms with Gasteiger partial charge in [0.15, 0.2) is 10.8 Å². The van der Waals surface area contributed by atoms with Crippen molar-refractivity contribution in [1.29, 1.82) is 0 Å². The van der Waals surface area contributed by atoms with Crippen molar-refractivity contribution in [1.82, 2.24) is 25.0 Å². The molecule has 0 spiro atoms. The van der Waals surface area contributed by atoms with Crippen LogP contribution in [0, 0.1) is 5.82 Å². The maximum absolute atomic E-state index is 14.5. The number of aromatic nitrogens is 1. The van der Waals surface area contributed by atoms with Crippen LogP contribution in [0.15, 0.2) is 46.0 Å². The average Bonchev–Trinajstić information content (AvgIpc) is 3.54. The molecule has 5 rings (SSSR count). The van der Waals surface area contributed by atoms with Gasteiger partial charge in [-0.1, -0.05) is 23.7 Å². The highest BCUT2D eigenvalue weighted by molar-refractivity contribution is 7.11. The van der Waals surface area contributed by atoms with E-state index < -0.39 is 17.8 Å². The number of fused-ring (bicyclic) bond motifs is 1. The van der Waals surface area contributed by atoms with Gasteiger partial charge in [-0.3, -0.25) is 9.89 Å². The Hall–Kier alpha value is -3.06. The van der Waals surface area contributed by atoms with Crippen LogP contribution in [-0.4, -0.2) is 101 Å². The summed E-state index contributed by atoms with van der Waals surface area (Å²) in [5.74, 6) is -0.712. The number of hydrogen-bond acceptors (Lipinski definition) is 9. The van der Waals surface area contributed by atoms with Crippen molar-refractivity contribution in [2.24, 2.45) is 4.99 Å². The topological polar surface area (TPSA) is 111 Å². The van der Waals surface area contributed by atoms with Gasteiger partial charge < -0.3 is 25.0 Å². The fourth-order valence-electron chi connectivity index (χ4n) is 5.09. The molecule has 202 valence electrons. The minimum atomic E-state index is -0.901. The molecule has 4 heterocycles. The SMILES string of the molecule is CCOC(=O)C1=C(CN2CCN3C(=O)N(CCO)CC3C2)NC(c2nccs2)=N[C@H]1c1cccc(F)c1Cl. The molecule has 2 N–H and O–H groups in total. The van der Waals surface area contributed by atoms with Gasteiger partial charge in [-0.25, -0.2) is 19.0 Å². The summed E-state index contributed by atoms with van der Waals surface area (Å²) in [6.45, 7) is 4.67. The maximum atomic E-state index is 14.5. The van der Waals surface area contributed by atoms with Crippen molar-refractivity contribution in [3.8, 4) is 0 Å². The summed E-state index contributed by atoms with van der Waals surface area (Å²) < 4.78 is 19.9. The monoisotopic (exact) mass is 562 g/mol. The van der Waals surface area contributed by atoms with Crippen LogP contribution in [0.2, 0.25) is 5.02 Å². The summed E-state index contributed by atoms with van der Waals surface area (Å²) in [7, 11) is 0. The summed E-state index contributed by atoms with van der Waals surface area (Å²) in [4.78, 5) is 40.8. The highest BCUT2D eigenvalue weighted by Gasteiger charge is 2.41. The second-order valence-corrected chi connectivity index (χ2v) is 10.4. The number of nitrogens with zero attached hydrogens (tertiary/aromatic N) is 5. The quantitative estimate of drug-likeness (QED) is 0.475. The number of amidine groups is 1. The molecule has 2 aromatic rings. The van der Waals surface area contributed by atoms with Crippen LogP contribution in [0.4, 0.5) is 9.18 Å². The number of benzene rings is 1. The van der Waals surface area contributed by atoms with Crippen LogP contribution >= 0.6 is 22.9 Å². The number of carbonyl (C=O) groups excluding carboxylic acids is 2. The fraction of sp³-hybridized carbons (Fsp3) is 0.440. The van der Waals surface area contributed by atoms with Gasteiger partial charge in [-0.05, 0) is 13.0 Å². The second-order valence-electron chi connectivity index (χ2n) is 9.13. The number of hydrogen-bond donors (Lipinski definition) is 2. The van der Waals surface area contributed by atoms with Crippen molar-refractivity contribution in [3.63, 3.8) is 0 Å². The van der Waals surface area contributed by atoms with E-state index in [4.69, 9.17) is 21.3 Å². The summed E-state index contributed by atoms with van der Waals surface area (Å²) in [6.07, 6.45) is 1.66. The van der Waals surface area contributed by atoms with Crippen molar-refractivity contribution in [2.75, 3.05) is 52.5 Å². The third kappa shape index (κ3) is 5.13. The molecule has 3 aliphatic rings. The summed E-state index contributed by atoms with van der Waals surface area (Å²) in [5.41, 5.74) is 1.18. The first-order valence-electron chi connectivity index (χ1n) is 12.4. The molecule has 0 bridgehead atoms. The number of aliphatic imine (C=N–C) groups is 1. The van der Waals surface area contributed by atoms with Gasteiger partial charge in [0.2, 0.25) is 0 Å². The number of aliphatic hydroxyl groups excluding tert-OH is 1. The van der Waals surface area contributed by atoms with Crippen molar-refractivity contribution >= 4 is 40.8 Å². The second kappa shape index (κ2) is 11.4. The molecular formula is C25H28ClFN6O4S. The molecule has 0 radical (unpaired) electrons. The molecule has 2 atom stereocenters. The number of carbonyl (C=O) groups is 2. The van der Waals surface area contributed by atoms with E-state index >= 15 is 0 Å². The van der Waals surface area contributed by atoms with E-state index in [9.17, 15) is 19.1 Å². The first kappa shape index (κ1) is 26.5. The number of ether oxygens (including phenoxy) is 1. The summed E-state index contributed by atoms with van der Waals surface area (Å²) >= 11 is 7.76. The van der Waals surface area contributed by atoms with Gasteiger partial charge >= 0.3 is 12.0 Å². The zero-order chi connectivity index (χ0) is 26.8. The molecule has 1 aromatic carbocycles. The number of β-amino-alcohol motifs (C(OH)–C–C–N with tert-alkyl or cyclic N) is 1. The number of piperazine rings is 1. The Morgan fingerprint density at radius 2 is 2.18 bits per heavy atom. The Morgan fingerprint density at radius 3 is 2.92 bits per heavy atom. The number of rotatable bonds is 8. The van der Waals surface area contributed by atoms with Crippen molar-refractivity contribution in [3.05, 3.63) is 62.5 Å². The minimum absolute atomic E-state index is 0.0291. The molecular weight excluding hydrogens is 535 g/mol. The molecule has 0 aliphatic carbocycles. The normalized spacial score (nSPS) is 21.9. The van der Waals surface area contributed by atoms with E-state index in [2.05, 4.69) is 15.2 Å². The Balaban J connectivity index is 1.50. The van der Waals surface area contributed by atoms with Crippen LogP contribution in [0.5, 0.6) is 0 Å². The summed E-state index contributed by atoms with van der Waals surface area (Å²) in [5, 5.41) is 14.9. The van der Waals surface area contributed by atoms with Crippen LogP contribution in [-0.2, 0) is 9.53 Å². The maximum Gasteiger partial charge on any atom is 0.338 e. The van der Waals surface area contributed by atoms with E-state index in [1.807, 2.05) is 10.3 Å². The first-order chi connectivity index (χ1) is 18.4. The van der Waals surface area contributed by atoms with Gasteiger partial charge in [0, 0.05) is 62.1 Å². The van der Waals surface area contributed by atoms with E-state index in [-0.39, 0.29) is 35.9 Å². The van der Waals surface area contributed by atoms with E-state index in [1.165, 1.54) is 23.5 Å². The predicted octanol–water partition coefficient (Wildman–Crippen LogP) is 2.26. The lowest BCUT2D eigenvalue weighted by molar-refractivity contribution is -0.139. The number of thiazole rings is 1. The molecule has 0 saturated carbocycles. The van der Waals surface area contributed by atoms with E-state index in [0.29, 0.717) is 61.4 Å². The van der Waals surface area contributed by atoms with Crippen LogP contribution < -0.4 is 5.32 Å². The zero-order valence-corrected chi connectivity index (χ0v) is 22.3. The Morgan fingerprint density at radius 1 is 1.34 bits per heavy atom. The van der Waals surface area contributed by atoms with Crippen LogP contribution in [0.25, 0.3) is 0 Å². The predicted molar refractivity (Wildman–Crippen MR) is 141 cm³/mol. The standard InChI is InChI=1S/C25H28ClFN6O4S/c1-2-37-24(35)19-18(14-31-7-8-33-15(12-31)13-32(9-10-34)25(33)36)29-22(23-28-6-11-38-23)30-21(19)16-4-3-5-17(27)20(16)26/h3-6,11,15,21,34H,2,7-10,12-14H2,1H3,(H,29,30)/t15?,21-/m0/s1. The number of urea groups is 1. The van der Waals surface area contributed by atoms with Gasteiger partial charge in [0.25, 0.3) is 0 Å². The lowest BCUT2D eigenvalue weighted by Gasteiger charge is -2.38. The first-order valence-corrected chi connectivity index (χ1v) is 13.6. The van der Waals surface area contributed by atoms with E-state index in [0.717, 1.165) is 0 Å². The largest absolute Gasteiger partial charge is 0.463 e. The number of aliphatic hydroxyl groups is 1. The molecule has 1 aromatic heterocycles.